The average molecular weight is 165 g/mol. The van der Waals surface area contributed by atoms with E-state index in [-0.39, 0.29) is 0 Å². The summed E-state index contributed by atoms with van der Waals surface area (Å²) < 4.78 is 0. The molecule has 0 amide bonds. The van der Waals surface area contributed by atoms with Crippen LogP contribution in [0.4, 0.5) is 0 Å². The largest absolute Gasteiger partial charge is 0.302 e. The standard InChI is InChI=1S/C11H19N/c1-4-6-11-9-12(3)8-7-10(11)5-2/h5H,2,4,6-9H2,1,3H3. The molecule has 0 unspecified atom stereocenters. The zero-order valence-electron chi connectivity index (χ0n) is 8.27. The lowest BCUT2D eigenvalue weighted by atomic mass is 9.97. The first-order valence-corrected chi connectivity index (χ1v) is 4.79. The summed E-state index contributed by atoms with van der Waals surface area (Å²) in [6, 6.07) is 0. The van der Waals surface area contributed by atoms with E-state index in [9.17, 15) is 0 Å². The monoisotopic (exact) mass is 165 g/mol. The van der Waals surface area contributed by atoms with Crippen LogP contribution < -0.4 is 0 Å². The van der Waals surface area contributed by atoms with E-state index in [1.165, 1.54) is 31.4 Å². The minimum absolute atomic E-state index is 1.15. The number of likely N-dealkylation sites (N-methyl/N-ethyl adjacent to an activating group) is 1. The van der Waals surface area contributed by atoms with E-state index in [2.05, 4.69) is 25.5 Å². The van der Waals surface area contributed by atoms with E-state index >= 15 is 0 Å². The predicted molar refractivity (Wildman–Crippen MR) is 54.2 cm³/mol. The molecule has 0 N–H and O–H groups in total. The number of rotatable bonds is 3. The van der Waals surface area contributed by atoms with Gasteiger partial charge in [0.15, 0.2) is 0 Å². The average Bonchev–Trinajstić information content (AvgIpc) is 2.05. The van der Waals surface area contributed by atoms with Crippen molar-refractivity contribution in [1.29, 1.82) is 0 Å². The summed E-state index contributed by atoms with van der Waals surface area (Å²) in [5, 5.41) is 0. The lowest BCUT2D eigenvalue weighted by Gasteiger charge is -2.26. The summed E-state index contributed by atoms with van der Waals surface area (Å²) in [7, 11) is 2.19. The van der Waals surface area contributed by atoms with Crippen molar-refractivity contribution < 1.29 is 0 Å². The maximum atomic E-state index is 3.87. The first kappa shape index (κ1) is 9.53. The summed E-state index contributed by atoms with van der Waals surface area (Å²) >= 11 is 0. The highest BCUT2D eigenvalue weighted by molar-refractivity contribution is 5.27. The van der Waals surface area contributed by atoms with Crippen molar-refractivity contribution in [3.05, 3.63) is 23.8 Å². The van der Waals surface area contributed by atoms with Gasteiger partial charge in [-0.05, 0) is 25.5 Å². The van der Waals surface area contributed by atoms with Gasteiger partial charge in [-0.1, -0.05) is 31.6 Å². The first-order chi connectivity index (χ1) is 5.77. The third-order valence-corrected chi connectivity index (χ3v) is 2.48. The number of hydrogen-bond donors (Lipinski definition) is 0. The van der Waals surface area contributed by atoms with Crippen LogP contribution in [0.3, 0.4) is 0 Å². The molecule has 0 aromatic heterocycles. The fourth-order valence-corrected chi connectivity index (χ4v) is 1.78. The highest BCUT2D eigenvalue weighted by Gasteiger charge is 2.12. The van der Waals surface area contributed by atoms with E-state index in [4.69, 9.17) is 0 Å². The molecule has 0 aliphatic carbocycles. The van der Waals surface area contributed by atoms with E-state index in [0.29, 0.717) is 0 Å². The van der Waals surface area contributed by atoms with Gasteiger partial charge < -0.3 is 4.90 Å². The Morgan fingerprint density at radius 2 is 2.33 bits per heavy atom. The maximum Gasteiger partial charge on any atom is 0.0195 e. The van der Waals surface area contributed by atoms with Gasteiger partial charge in [0.1, 0.15) is 0 Å². The molecule has 1 heteroatoms. The fraction of sp³-hybridized carbons (Fsp3) is 0.636. The molecule has 0 atom stereocenters. The van der Waals surface area contributed by atoms with E-state index in [1.807, 2.05) is 6.08 Å². The van der Waals surface area contributed by atoms with Gasteiger partial charge in [-0.2, -0.15) is 0 Å². The zero-order valence-corrected chi connectivity index (χ0v) is 8.27. The molecular formula is C11H19N. The minimum Gasteiger partial charge on any atom is -0.302 e. The highest BCUT2D eigenvalue weighted by atomic mass is 15.1. The van der Waals surface area contributed by atoms with Crippen LogP contribution in [0, 0.1) is 0 Å². The summed E-state index contributed by atoms with van der Waals surface area (Å²) in [4.78, 5) is 2.39. The molecule has 0 radical (unpaired) electrons. The summed E-state index contributed by atoms with van der Waals surface area (Å²) in [6.45, 7) is 8.44. The quantitative estimate of drug-likeness (QED) is 0.621. The Kier molecular flexibility index (Phi) is 3.54. The molecule has 0 bridgehead atoms. The predicted octanol–water partition coefficient (Wildman–Crippen LogP) is 2.60. The van der Waals surface area contributed by atoms with Crippen molar-refractivity contribution in [2.75, 3.05) is 20.1 Å². The van der Waals surface area contributed by atoms with Crippen LogP contribution in [0.15, 0.2) is 23.8 Å². The lowest BCUT2D eigenvalue weighted by Crippen LogP contribution is -2.27. The van der Waals surface area contributed by atoms with Gasteiger partial charge in [-0.15, -0.1) is 0 Å². The van der Waals surface area contributed by atoms with Crippen LogP contribution in [-0.2, 0) is 0 Å². The normalized spacial score (nSPS) is 19.8. The third-order valence-electron chi connectivity index (χ3n) is 2.48. The topological polar surface area (TPSA) is 3.24 Å². The second-order valence-corrected chi connectivity index (χ2v) is 3.57. The molecule has 0 saturated carbocycles. The van der Waals surface area contributed by atoms with Crippen LogP contribution in [0.2, 0.25) is 0 Å². The molecule has 0 saturated heterocycles. The Morgan fingerprint density at radius 3 is 2.92 bits per heavy atom. The van der Waals surface area contributed by atoms with Gasteiger partial charge in [0.25, 0.3) is 0 Å². The van der Waals surface area contributed by atoms with Crippen molar-refractivity contribution >= 4 is 0 Å². The molecule has 1 nitrogen and oxygen atoms in total. The molecule has 0 spiro atoms. The molecule has 1 rings (SSSR count). The summed E-state index contributed by atoms with van der Waals surface area (Å²) in [6.07, 6.45) is 5.72. The Balaban J connectivity index is 2.69. The van der Waals surface area contributed by atoms with E-state index in [0.717, 1.165) is 6.54 Å². The van der Waals surface area contributed by atoms with Crippen LogP contribution in [0.25, 0.3) is 0 Å². The molecular weight excluding hydrogens is 146 g/mol. The van der Waals surface area contributed by atoms with Gasteiger partial charge in [0, 0.05) is 13.1 Å². The number of nitrogens with zero attached hydrogens (tertiary/aromatic N) is 1. The molecule has 68 valence electrons. The van der Waals surface area contributed by atoms with Crippen LogP contribution in [-0.4, -0.2) is 25.0 Å². The van der Waals surface area contributed by atoms with Gasteiger partial charge in [-0.25, -0.2) is 0 Å². The van der Waals surface area contributed by atoms with Crippen molar-refractivity contribution in [2.24, 2.45) is 0 Å². The van der Waals surface area contributed by atoms with Crippen LogP contribution in [0.1, 0.15) is 26.2 Å². The molecule has 1 aliphatic heterocycles. The summed E-state index contributed by atoms with van der Waals surface area (Å²) in [5.41, 5.74) is 3.09. The molecule has 0 aromatic carbocycles. The third kappa shape index (κ3) is 2.21. The SMILES string of the molecule is C=CC1=C(CCC)CN(C)CC1. The molecule has 0 aromatic rings. The molecule has 12 heavy (non-hydrogen) atoms. The molecule has 1 heterocycles. The summed E-state index contributed by atoms with van der Waals surface area (Å²) in [5.74, 6) is 0. The Labute approximate surface area is 75.8 Å². The van der Waals surface area contributed by atoms with Crippen molar-refractivity contribution in [3.8, 4) is 0 Å². The smallest absolute Gasteiger partial charge is 0.0195 e. The van der Waals surface area contributed by atoms with Crippen molar-refractivity contribution in [2.45, 2.75) is 26.2 Å². The van der Waals surface area contributed by atoms with Gasteiger partial charge in [-0.3, -0.25) is 0 Å². The second kappa shape index (κ2) is 4.46. The van der Waals surface area contributed by atoms with Gasteiger partial charge in [0.2, 0.25) is 0 Å². The van der Waals surface area contributed by atoms with Crippen molar-refractivity contribution in [1.82, 2.24) is 4.90 Å². The Hall–Kier alpha value is -0.560. The minimum atomic E-state index is 1.15. The Morgan fingerprint density at radius 1 is 1.58 bits per heavy atom. The molecule has 1 aliphatic rings. The lowest BCUT2D eigenvalue weighted by molar-refractivity contribution is 0.345. The maximum absolute atomic E-state index is 3.87. The molecule has 0 fully saturated rings. The zero-order chi connectivity index (χ0) is 8.97. The Bertz CT molecular complexity index is 191. The van der Waals surface area contributed by atoms with E-state index in [1.54, 1.807) is 5.57 Å². The number of hydrogen-bond acceptors (Lipinski definition) is 1. The fourth-order valence-electron chi connectivity index (χ4n) is 1.78. The first-order valence-electron chi connectivity index (χ1n) is 4.79. The van der Waals surface area contributed by atoms with Crippen molar-refractivity contribution in [3.63, 3.8) is 0 Å². The van der Waals surface area contributed by atoms with Crippen LogP contribution >= 0.6 is 0 Å². The van der Waals surface area contributed by atoms with E-state index < -0.39 is 0 Å². The number of allylic oxidation sites excluding steroid dienone is 1. The second-order valence-electron chi connectivity index (χ2n) is 3.57. The van der Waals surface area contributed by atoms with Gasteiger partial charge >= 0.3 is 0 Å². The van der Waals surface area contributed by atoms with Gasteiger partial charge in [0.05, 0.1) is 0 Å². The van der Waals surface area contributed by atoms with Crippen LogP contribution in [0.5, 0.6) is 0 Å². The highest BCUT2D eigenvalue weighted by Crippen LogP contribution is 2.21.